The van der Waals surface area contributed by atoms with E-state index in [1.807, 2.05) is 24.3 Å². The van der Waals surface area contributed by atoms with Crippen LogP contribution in [-0.2, 0) is 26.0 Å². The van der Waals surface area contributed by atoms with Crippen LogP contribution in [0, 0.1) is 10.8 Å². The molecule has 2 heterocycles. The molecule has 35 heavy (non-hydrogen) atoms. The van der Waals surface area contributed by atoms with Crippen molar-refractivity contribution < 1.29 is 36.3 Å². The fraction of sp³-hybridized carbons (Fsp3) is 0.200. The highest BCUT2D eigenvalue weighted by Gasteiger charge is 2.38. The molecule has 0 aliphatic heterocycles. The van der Waals surface area contributed by atoms with Crippen LogP contribution in [0.4, 0.5) is 13.2 Å². The van der Waals surface area contributed by atoms with Gasteiger partial charge in [-0.25, -0.2) is 13.2 Å². The summed E-state index contributed by atoms with van der Waals surface area (Å²) in [5, 5.41) is 25.1. The highest BCUT2D eigenvalue weighted by molar-refractivity contribution is 7.91. The molecule has 3 aromatic rings. The molecule has 0 amide bonds. The third kappa shape index (κ3) is 7.68. The first-order valence-corrected chi connectivity index (χ1v) is 12.6. The number of amidine groups is 1. The minimum Gasteiger partial charge on any atom is -0.475 e. The zero-order chi connectivity index (χ0) is 26.6. The summed E-state index contributed by atoms with van der Waals surface area (Å²) in [5.74, 6) is -3.42. The van der Waals surface area contributed by atoms with E-state index in [9.17, 15) is 26.4 Å². The molecule has 0 radical (unpaired) electrons. The maximum absolute atomic E-state index is 12.6. The largest absolute Gasteiger partial charge is 0.490 e. The Morgan fingerprint density at radius 3 is 2.31 bits per heavy atom. The van der Waals surface area contributed by atoms with Crippen molar-refractivity contribution in [2.75, 3.05) is 0 Å². The number of alkyl halides is 3. The highest BCUT2D eigenvalue weighted by Crippen LogP contribution is 2.28. The number of hydrogen-bond donors (Lipinski definition) is 5. The normalized spacial score (nSPS) is 12.5. The Morgan fingerprint density at radius 2 is 1.80 bits per heavy atom. The van der Waals surface area contributed by atoms with Crippen molar-refractivity contribution in [3.05, 3.63) is 52.2 Å². The molecule has 9 nitrogen and oxygen atoms in total. The van der Waals surface area contributed by atoms with Crippen LogP contribution in [0.2, 0.25) is 0 Å². The highest BCUT2D eigenvalue weighted by atomic mass is 32.2. The van der Waals surface area contributed by atoms with E-state index in [0.717, 1.165) is 21.4 Å². The molecule has 1 aromatic carbocycles. The number of fused-ring (bicyclic) bond motifs is 1. The number of rotatable bonds is 8. The lowest BCUT2D eigenvalue weighted by atomic mass is 10.0. The monoisotopic (exact) mass is 548 g/mol. The number of aliphatic carboxylic acids is 1. The third-order valence-corrected chi connectivity index (χ3v) is 8.38. The average molecular weight is 549 g/mol. The second kappa shape index (κ2) is 11.1. The van der Waals surface area contributed by atoms with E-state index in [1.165, 1.54) is 18.3 Å². The number of nitrogens with one attached hydrogen (secondary N) is 3. The van der Waals surface area contributed by atoms with Crippen LogP contribution in [0.1, 0.15) is 17.4 Å². The van der Waals surface area contributed by atoms with Crippen molar-refractivity contribution in [1.82, 2.24) is 4.72 Å². The predicted octanol–water partition coefficient (Wildman–Crippen LogP) is 3.38. The number of carbonyl (C=O) groups is 2. The molecular weight excluding hydrogens is 529 g/mol. The summed E-state index contributed by atoms with van der Waals surface area (Å²) < 4.78 is 60.3. The summed E-state index contributed by atoms with van der Waals surface area (Å²) in [6.45, 7) is 1.43. The van der Waals surface area contributed by atoms with Crippen molar-refractivity contribution in [3.63, 3.8) is 0 Å². The number of hydrogen-bond acceptors (Lipinski definition) is 8. The van der Waals surface area contributed by atoms with Crippen LogP contribution in [-0.4, -0.2) is 49.0 Å². The number of benzene rings is 1. The van der Waals surface area contributed by atoms with Crippen LogP contribution < -0.4 is 10.5 Å². The summed E-state index contributed by atoms with van der Waals surface area (Å²) >= 11 is 2.39. The molecular formula is C20H19F3N4O5S3. The predicted molar refractivity (Wildman–Crippen MR) is 127 cm³/mol. The van der Waals surface area contributed by atoms with E-state index < -0.39 is 34.0 Å². The first-order chi connectivity index (χ1) is 16.1. The van der Waals surface area contributed by atoms with Gasteiger partial charge < -0.3 is 16.2 Å². The van der Waals surface area contributed by atoms with Gasteiger partial charge in [0.15, 0.2) is 5.78 Å². The number of Topliss-reactive ketones (excluding diaryl/α,β-unsaturated/α-hetero) is 1. The minimum atomic E-state index is -5.08. The summed E-state index contributed by atoms with van der Waals surface area (Å²) in [5.41, 5.74) is 5.90. The van der Waals surface area contributed by atoms with Gasteiger partial charge in [-0.1, -0.05) is 18.2 Å². The maximum Gasteiger partial charge on any atom is 0.490 e. The van der Waals surface area contributed by atoms with Crippen LogP contribution in [0.3, 0.4) is 0 Å². The summed E-state index contributed by atoms with van der Waals surface area (Å²) in [6.07, 6.45) is -5.03. The first kappa shape index (κ1) is 28.1. The van der Waals surface area contributed by atoms with Gasteiger partial charge in [0.05, 0.1) is 16.6 Å². The quantitative estimate of drug-likeness (QED) is 0.213. The second-order valence-corrected chi connectivity index (χ2v) is 10.9. The number of carboxylic acids is 1. The Balaban J connectivity index is 0.000000540. The Bertz CT molecular complexity index is 1350. The van der Waals surface area contributed by atoms with Gasteiger partial charge in [0.25, 0.3) is 10.0 Å². The van der Waals surface area contributed by atoms with E-state index in [4.69, 9.17) is 26.5 Å². The maximum atomic E-state index is 12.6. The van der Waals surface area contributed by atoms with E-state index >= 15 is 0 Å². The number of ketones is 1. The number of halogens is 3. The molecule has 0 aliphatic carbocycles. The molecule has 0 aliphatic rings. The standard InChI is InChI=1S/C18H18N4O3S3.C2HF3O2/c1-10(17(23)13(19)6-11-7-15(18(20)21)26-9-11)22-28(24,25)16-8-12-4-2-3-5-14(12)27-16;3-2(4,5)1(6)7/h2-5,7-10,19,22H,6H2,1H3,(H3,20,21);(H,6,7)/t10-;/m0./s1. The lowest BCUT2D eigenvalue weighted by Crippen LogP contribution is -2.41. The van der Waals surface area contributed by atoms with Crippen LogP contribution in [0.5, 0.6) is 0 Å². The van der Waals surface area contributed by atoms with Crippen LogP contribution in [0.25, 0.3) is 10.1 Å². The van der Waals surface area contributed by atoms with Crippen molar-refractivity contribution in [3.8, 4) is 0 Å². The average Bonchev–Trinajstić information content (AvgIpc) is 3.40. The molecule has 2 aromatic heterocycles. The number of carbonyl (C=O) groups excluding carboxylic acids is 1. The Morgan fingerprint density at radius 1 is 1.20 bits per heavy atom. The zero-order valence-electron chi connectivity index (χ0n) is 17.8. The SMILES string of the molecule is C[C@H](NS(=O)(=O)c1cc2ccccc2s1)C(=O)C(=N)Cc1csc(C(=N)N)c1.O=C(O)C(F)(F)F. The molecule has 0 bridgehead atoms. The van der Waals surface area contributed by atoms with Crippen molar-refractivity contribution >= 4 is 66.1 Å². The Labute approximate surface area is 205 Å². The Hall–Kier alpha value is -3.14. The van der Waals surface area contributed by atoms with E-state index in [2.05, 4.69) is 4.72 Å². The summed E-state index contributed by atoms with van der Waals surface area (Å²) in [6, 6.07) is 9.48. The lowest BCUT2D eigenvalue weighted by molar-refractivity contribution is -0.192. The van der Waals surface area contributed by atoms with Gasteiger partial charge in [0, 0.05) is 11.1 Å². The van der Waals surface area contributed by atoms with E-state index in [0.29, 0.717) is 10.4 Å². The van der Waals surface area contributed by atoms with Crippen molar-refractivity contribution in [2.24, 2.45) is 5.73 Å². The van der Waals surface area contributed by atoms with Gasteiger partial charge in [-0.2, -0.15) is 17.9 Å². The van der Waals surface area contributed by atoms with E-state index in [1.54, 1.807) is 17.5 Å². The fourth-order valence-corrected chi connectivity index (χ4v) is 5.99. The molecule has 0 saturated heterocycles. The van der Waals surface area contributed by atoms with Crippen molar-refractivity contribution in [1.29, 1.82) is 10.8 Å². The molecule has 0 fully saturated rings. The lowest BCUT2D eigenvalue weighted by Gasteiger charge is -2.12. The van der Waals surface area contributed by atoms with Gasteiger partial charge in [0.1, 0.15) is 10.0 Å². The molecule has 1 atom stereocenters. The smallest absolute Gasteiger partial charge is 0.475 e. The van der Waals surface area contributed by atoms with Gasteiger partial charge in [-0.15, -0.1) is 22.7 Å². The minimum absolute atomic E-state index is 0.0531. The fourth-order valence-electron chi connectivity index (χ4n) is 2.60. The van der Waals surface area contributed by atoms with Gasteiger partial charge in [-0.3, -0.25) is 10.2 Å². The Kier molecular flexibility index (Phi) is 8.89. The molecule has 6 N–H and O–H groups in total. The number of carboxylic acid groups (broad SMARTS) is 1. The zero-order valence-corrected chi connectivity index (χ0v) is 20.3. The van der Waals surface area contributed by atoms with Crippen LogP contribution >= 0.6 is 22.7 Å². The van der Waals surface area contributed by atoms with Gasteiger partial charge in [-0.05, 0) is 41.5 Å². The second-order valence-electron chi connectivity index (χ2n) is 7.00. The number of nitrogen functional groups attached to an aromatic ring is 1. The summed E-state index contributed by atoms with van der Waals surface area (Å²) in [7, 11) is -3.87. The molecule has 3 rings (SSSR count). The van der Waals surface area contributed by atoms with Gasteiger partial charge in [0.2, 0.25) is 0 Å². The molecule has 0 unspecified atom stereocenters. The van der Waals surface area contributed by atoms with Crippen molar-refractivity contribution in [2.45, 2.75) is 29.8 Å². The van der Waals surface area contributed by atoms with Crippen LogP contribution in [0.15, 0.2) is 46.0 Å². The summed E-state index contributed by atoms with van der Waals surface area (Å²) in [4.78, 5) is 21.9. The van der Waals surface area contributed by atoms with E-state index in [-0.39, 0.29) is 22.2 Å². The number of thiophene rings is 2. The molecule has 15 heteroatoms. The van der Waals surface area contributed by atoms with Gasteiger partial charge >= 0.3 is 12.1 Å². The molecule has 0 spiro atoms. The number of nitrogens with two attached hydrogens (primary N) is 1. The first-order valence-electron chi connectivity index (χ1n) is 9.46. The third-order valence-electron chi connectivity index (χ3n) is 4.23. The molecule has 0 saturated carbocycles. The molecule has 188 valence electrons. The number of sulfonamides is 1. The topological polar surface area (TPSA) is 174 Å².